The van der Waals surface area contributed by atoms with Gasteiger partial charge in [0.05, 0.1) is 6.20 Å². The van der Waals surface area contributed by atoms with Crippen LogP contribution in [0.25, 0.3) is 0 Å². The van der Waals surface area contributed by atoms with Crippen molar-refractivity contribution in [3.63, 3.8) is 0 Å². The van der Waals surface area contributed by atoms with E-state index >= 15 is 0 Å². The number of hydrogen-bond acceptors (Lipinski definition) is 3. The summed E-state index contributed by atoms with van der Waals surface area (Å²) in [5.41, 5.74) is 0. The molecule has 1 heterocycles. The molecule has 1 saturated carbocycles. The molecule has 1 fully saturated rings. The summed E-state index contributed by atoms with van der Waals surface area (Å²) >= 11 is 0. The molecular weight excluding hydrogens is 200 g/mol. The van der Waals surface area contributed by atoms with Gasteiger partial charge in [-0.3, -0.25) is 0 Å². The zero-order chi connectivity index (χ0) is 11.2. The molecule has 16 heavy (non-hydrogen) atoms. The lowest BCUT2D eigenvalue weighted by molar-refractivity contribution is 0.333. The number of hydrogen-bond donors (Lipinski definition) is 1. The molecule has 0 aliphatic heterocycles. The lowest BCUT2D eigenvalue weighted by Gasteiger charge is -2.22. The van der Waals surface area contributed by atoms with Crippen LogP contribution in [0, 0.1) is 0 Å². The lowest BCUT2D eigenvalue weighted by atomic mass is 9.84. The Bertz CT molecular complexity index is 305. The Hall–Kier alpha value is -0.830. The van der Waals surface area contributed by atoms with Crippen LogP contribution in [0.3, 0.4) is 0 Å². The topological polar surface area (TPSA) is 38.1 Å². The van der Waals surface area contributed by atoms with Gasteiger partial charge in [-0.05, 0) is 38.8 Å². The number of oxazole rings is 1. The Morgan fingerprint density at radius 3 is 3.00 bits per heavy atom. The lowest BCUT2D eigenvalue weighted by Crippen LogP contribution is -2.16. The van der Waals surface area contributed by atoms with Crippen LogP contribution in [-0.4, -0.2) is 18.1 Å². The molecule has 0 radical (unpaired) electrons. The van der Waals surface area contributed by atoms with Gasteiger partial charge in [-0.2, -0.15) is 0 Å². The van der Waals surface area contributed by atoms with Crippen LogP contribution in [0.2, 0.25) is 0 Å². The molecule has 3 nitrogen and oxygen atoms in total. The largest absolute Gasteiger partial charge is 0.445 e. The van der Waals surface area contributed by atoms with Gasteiger partial charge in [0.25, 0.3) is 0 Å². The van der Waals surface area contributed by atoms with Gasteiger partial charge in [0.2, 0.25) is 0 Å². The Labute approximate surface area is 97.6 Å². The van der Waals surface area contributed by atoms with E-state index in [2.05, 4.69) is 17.2 Å². The van der Waals surface area contributed by atoms with Crippen LogP contribution in [0.4, 0.5) is 0 Å². The Morgan fingerprint density at radius 1 is 1.44 bits per heavy atom. The molecule has 0 spiro atoms. The third kappa shape index (κ3) is 3.08. The van der Waals surface area contributed by atoms with Crippen molar-refractivity contribution in [3.8, 4) is 0 Å². The molecule has 0 amide bonds. The van der Waals surface area contributed by atoms with Crippen molar-refractivity contribution in [2.45, 2.75) is 51.4 Å². The highest BCUT2D eigenvalue weighted by atomic mass is 16.4. The van der Waals surface area contributed by atoms with Crippen molar-refractivity contribution in [2.24, 2.45) is 0 Å². The third-order valence-corrected chi connectivity index (χ3v) is 3.25. The molecule has 0 aromatic carbocycles. The summed E-state index contributed by atoms with van der Waals surface area (Å²) in [6, 6.07) is 0. The molecule has 1 aromatic rings. The Balaban J connectivity index is 1.66. The average Bonchev–Trinajstić information content (AvgIpc) is 2.64. The summed E-state index contributed by atoms with van der Waals surface area (Å²) in [5.74, 6) is 2.70. The molecular formula is C13H22N2O. The van der Waals surface area contributed by atoms with Gasteiger partial charge in [-0.1, -0.05) is 13.3 Å². The van der Waals surface area contributed by atoms with E-state index in [0.717, 1.165) is 37.6 Å². The SMILES string of the molecule is CCCNCCCc1ncc(C2CCC2)o1. The molecule has 0 bridgehead atoms. The zero-order valence-corrected chi connectivity index (χ0v) is 10.2. The second kappa shape index (κ2) is 6.04. The number of aromatic nitrogens is 1. The predicted octanol–water partition coefficient (Wildman–Crippen LogP) is 2.87. The minimum Gasteiger partial charge on any atom is -0.445 e. The first-order valence-corrected chi connectivity index (χ1v) is 6.55. The van der Waals surface area contributed by atoms with Crippen LogP contribution in [-0.2, 0) is 6.42 Å². The van der Waals surface area contributed by atoms with Gasteiger partial charge >= 0.3 is 0 Å². The molecule has 1 aromatic heterocycles. The van der Waals surface area contributed by atoms with Gasteiger partial charge in [0, 0.05) is 12.3 Å². The second-order valence-electron chi connectivity index (χ2n) is 4.64. The normalized spacial score (nSPS) is 16.3. The summed E-state index contributed by atoms with van der Waals surface area (Å²) in [6.45, 7) is 4.36. The first-order valence-electron chi connectivity index (χ1n) is 6.55. The molecule has 3 heteroatoms. The van der Waals surface area contributed by atoms with Gasteiger partial charge in [0.1, 0.15) is 5.76 Å². The first kappa shape index (κ1) is 11.6. The molecule has 0 atom stereocenters. The monoisotopic (exact) mass is 222 g/mol. The first-order chi connectivity index (χ1) is 7.90. The number of aryl methyl sites for hydroxylation is 1. The highest BCUT2D eigenvalue weighted by Crippen LogP contribution is 2.36. The predicted molar refractivity (Wildman–Crippen MR) is 64.6 cm³/mol. The van der Waals surface area contributed by atoms with Crippen molar-refractivity contribution < 1.29 is 4.42 Å². The Morgan fingerprint density at radius 2 is 2.31 bits per heavy atom. The maximum atomic E-state index is 5.76. The minimum atomic E-state index is 0.666. The summed E-state index contributed by atoms with van der Waals surface area (Å²) < 4.78 is 5.76. The fourth-order valence-corrected chi connectivity index (χ4v) is 1.99. The van der Waals surface area contributed by atoms with Gasteiger partial charge in [-0.25, -0.2) is 4.98 Å². The van der Waals surface area contributed by atoms with Crippen LogP contribution in [0.15, 0.2) is 10.6 Å². The smallest absolute Gasteiger partial charge is 0.194 e. The number of nitrogens with zero attached hydrogens (tertiary/aromatic N) is 1. The van der Waals surface area contributed by atoms with Crippen LogP contribution >= 0.6 is 0 Å². The Kier molecular flexibility index (Phi) is 4.40. The summed E-state index contributed by atoms with van der Waals surface area (Å²) in [4.78, 5) is 4.34. The highest BCUT2D eigenvalue weighted by Gasteiger charge is 2.23. The molecule has 90 valence electrons. The summed E-state index contributed by atoms with van der Waals surface area (Å²) in [5, 5.41) is 3.39. The van der Waals surface area contributed by atoms with Crippen LogP contribution in [0.1, 0.15) is 56.6 Å². The number of nitrogens with one attached hydrogen (secondary N) is 1. The molecule has 1 aliphatic carbocycles. The van der Waals surface area contributed by atoms with E-state index in [-0.39, 0.29) is 0 Å². The van der Waals surface area contributed by atoms with E-state index in [4.69, 9.17) is 4.42 Å². The van der Waals surface area contributed by atoms with Crippen LogP contribution < -0.4 is 5.32 Å². The maximum Gasteiger partial charge on any atom is 0.194 e. The van der Waals surface area contributed by atoms with E-state index in [0.29, 0.717) is 5.92 Å². The van der Waals surface area contributed by atoms with Crippen molar-refractivity contribution >= 4 is 0 Å². The zero-order valence-electron chi connectivity index (χ0n) is 10.2. The molecule has 0 saturated heterocycles. The number of rotatable bonds is 7. The minimum absolute atomic E-state index is 0.666. The fourth-order valence-electron chi connectivity index (χ4n) is 1.99. The third-order valence-electron chi connectivity index (χ3n) is 3.25. The summed E-state index contributed by atoms with van der Waals surface area (Å²) in [7, 11) is 0. The summed E-state index contributed by atoms with van der Waals surface area (Å²) in [6.07, 6.45) is 9.12. The quantitative estimate of drug-likeness (QED) is 0.721. The van der Waals surface area contributed by atoms with Crippen molar-refractivity contribution in [3.05, 3.63) is 17.8 Å². The van der Waals surface area contributed by atoms with E-state index < -0.39 is 0 Å². The maximum absolute atomic E-state index is 5.76. The standard InChI is InChI=1S/C13H22N2O/c1-2-8-14-9-4-7-13-15-10-12(16-13)11-5-3-6-11/h10-11,14H,2-9H2,1H3. The van der Waals surface area contributed by atoms with Gasteiger partial charge in [-0.15, -0.1) is 0 Å². The fraction of sp³-hybridized carbons (Fsp3) is 0.769. The molecule has 0 unspecified atom stereocenters. The second-order valence-corrected chi connectivity index (χ2v) is 4.64. The van der Waals surface area contributed by atoms with Gasteiger partial charge in [0.15, 0.2) is 5.89 Å². The van der Waals surface area contributed by atoms with E-state index in [1.807, 2.05) is 6.20 Å². The van der Waals surface area contributed by atoms with E-state index in [9.17, 15) is 0 Å². The highest BCUT2D eigenvalue weighted by molar-refractivity contribution is 5.05. The molecule has 2 rings (SSSR count). The average molecular weight is 222 g/mol. The van der Waals surface area contributed by atoms with Crippen LogP contribution in [0.5, 0.6) is 0 Å². The molecule has 1 aliphatic rings. The van der Waals surface area contributed by atoms with Gasteiger partial charge < -0.3 is 9.73 Å². The van der Waals surface area contributed by atoms with Crippen molar-refractivity contribution in [1.82, 2.24) is 10.3 Å². The van der Waals surface area contributed by atoms with E-state index in [1.165, 1.54) is 25.7 Å². The van der Waals surface area contributed by atoms with E-state index in [1.54, 1.807) is 0 Å². The molecule has 1 N–H and O–H groups in total. The van der Waals surface area contributed by atoms with Crippen molar-refractivity contribution in [1.29, 1.82) is 0 Å². The van der Waals surface area contributed by atoms with Crippen molar-refractivity contribution in [2.75, 3.05) is 13.1 Å².